The molecular formula is C23H29N7O2. The van der Waals surface area contributed by atoms with Crippen LogP contribution in [-0.2, 0) is 17.8 Å². The fraction of sp³-hybridized carbons (Fsp3) is 0.478. The summed E-state index contributed by atoms with van der Waals surface area (Å²) < 4.78 is 7.56. The summed E-state index contributed by atoms with van der Waals surface area (Å²) in [4.78, 5) is 23.7. The number of nitrogens with one attached hydrogen (secondary N) is 2. The molecule has 1 aliphatic heterocycles. The third-order valence-electron chi connectivity index (χ3n) is 6.80. The topological polar surface area (TPSA) is 97.2 Å². The predicted molar refractivity (Wildman–Crippen MR) is 122 cm³/mol. The Morgan fingerprint density at radius 2 is 2.06 bits per heavy atom. The maximum absolute atomic E-state index is 12.1. The zero-order valence-corrected chi connectivity index (χ0v) is 19.0. The second-order valence-corrected chi connectivity index (χ2v) is 9.20. The first kappa shape index (κ1) is 20.7. The molecule has 0 bridgehead atoms. The molecule has 0 saturated heterocycles. The van der Waals surface area contributed by atoms with Crippen molar-refractivity contribution in [3.05, 3.63) is 35.7 Å². The number of carbonyl (C=O) groups excluding carboxylic acids is 1. The van der Waals surface area contributed by atoms with Crippen molar-refractivity contribution in [2.75, 3.05) is 33.1 Å². The molecule has 3 aromatic rings. The first-order chi connectivity index (χ1) is 15.4. The number of hydrogen-bond donors (Lipinski definition) is 2. The lowest BCUT2D eigenvalue weighted by molar-refractivity contribution is -0.136. The molecule has 0 radical (unpaired) electrons. The molecule has 168 valence electrons. The molecular weight excluding hydrogens is 406 g/mol. The quantitative estimate of drug-likeness (QED) is 0.636. The van der Waals surface area contributed by atoms with Gasteiger partial charge in [0.05, 0.1) is 35.8 Å². The van der Waals surface area contributed by atoms with Gasteiger partial charge in [-0.25, -0.2) is 9.67 Å². The highest BCUT2D eigenvalue weighted by Crippen LogP contribution is 2.48. The molecule has 32 heavy (non-hydrogen) atoms. The number of likely N-dealkylation sites (N-methyl/N-ethyl adjacent to an activating group) is 1. The number of fused-ring (bicyclic) bond motifs is 2. The van der Waals surface area contributed by atoms with Crippen molar-refractivity contribution in [2.24, 2.45) is 5.41 Å². The van der Waals surface area contributed by atoms with Gasteiger partial charge in [-0.3, -0.25) is 4.79 Å². The monoisotopic (exact) mass is 435 g/mol. The second kappa shape index (κ2) is 7.74. The van der Waals surface area contributed by atoms with Crippen LogP contribution in [0.4, 0.5) is 11.6 Å². The summed E-state index contributed by atoms with van der Waals surface area (Å²) in [6.07, 6.45) is 6.05. The van der Waals surface area contributed by atoms with Gasteiger partial charge >= 0.3 is 0 Å². The molecule has 5 rings (SSSR count). The van der Waals surface area contributed by atoms with Gasteiger partial charge in [-0.1, -0.05) is 6.92 Å². The van der Waals surface area contributed by atoms with Crippen LogP contribution in [0.25, 0.3) is 11.0 Å². The summed E-state index contributed by atoms with van der Waals surface area (Å²) in [5, 5.41) is 11.5. The van der Waals surface area contributed by atoms with Gasteiger partial charge in [0.1, 0.15) is 5.75 Å². The van der Waals surface area contributed by atoms with Gasteiger partial charge in [-0.15, -0.1) is 0 Å². The Labute approximate surface area is 187 Å². The van der Waals surface area contributed by atoms with E-state index in [0.717, 1.165) is 54.8 Å². The van der Waals surface area contributed by atoms with E-state index >= 15 is 0 Å². The van der Waals surface area contributed by atoms with Crippen LogP contribution >= 0.6 is 0 Å². The number of methoxy groups -OCH3 is 1. The third kappa shape index (κ3) is 3.46. The van der Waals surface area contributed by atoms with Crippen LogP contribution in [0.2, 0.25) is 0 Å². The highest BCUT2D eigenvalue weighted by Gasteiger charge is 2.47. The fourth-order valence-corrected chi connectivity index (χ4v) is 4.92. The van der Waals surface area contributed by atoms with E-state index in [-0.39, 0.29) is 17.4 Å². The molecule has 1 amide bonds. The Hall–Kier alpha value is -3.20. The molecule has 2 aliphatic rings. The van der Waals surface area contributed by atoms with Crippen molar-refractivity contribution in [1.29, 1.82) is 0 Å². The van der Waals surface area contributed by atoms with Crippen LogP contribution in [0.15, 0.2) is 24.5 Å². The normalized spacial score (nSPS) is 22.8. The van der Waals surface area contributed by atoms with Gasteiger partial charge < -0.3 is 20.3 Å². The van der Waals surface area contributed by atoms with Crippen molar-refractivity contribution in [2.45, 2.75) is 38.8 Å². The number of hydrogen-bond acceptors (Lipinski definition) is 7. The van der Waals surface area contributed by atoms with E-state index in [1.54, 1.807) is 26.6 Å². The van der Waals surface area contributed by atoms with Crippen LogP contribution in [0.3, 0.4) is 0 Å². The highest BCUT2D eigenvalue weighted by atomic mass is 16.5. The molecule has 1 fully saturated rings. The van der Waals surface area contributed by atoms with E-state index in [1.165, 1.54) is 11.1 Å². The minimum absolute atomic E-state index is 0.0762. The highest BCUT2D eigenvalue weighted by molar-refractivity contribution is 5.83. The molecule has 2 aromatic heterocycles. The van der Waals surface area contributed by atoms with Gasteiger partial charge in [0, 0.05) is 26.3 Å². The van der Waals surface area contributed by atoms with E-state index in [0.29, 0.717) is 5.95 Å². The van der Waals surface area contributed by atoms with E-state index in [4.69, 9.17) is 9.72 Å². The Morgan fingerprint density at radius 3 is 2.81 bits per heavy atom. The molecule has 9 nitrogen and oxygen atoms in total. The molecule has 1 aliphatic carbocycles. The molecule has 0 atom stereocenters. The van der Waals surface area contributed by atoms with Gasteiger partial charge in [-0.05, 0) is 49.6 Å². The Bertz CT molecular complexity index is 1180. The largest absolute Gasteiger partial charge is 0.495 e. The van der Waals surface area contributed by atoms with E-state index in [9.17, 15) is 4.79 Å². The van der Waals surface area contributed by atoms with Crippen molar-refractivity contribution in [3.8, 4) is 5.75 Å². The van der Waals surface area contributed by atoms with Crippen LogP contribution < -0.4 is 15.4 Å². The van der Waals surface area contributed by atoms with Crippen LogP contribution in [0, 0.1) is 5.41 Å². The van der Waals surface area contributed by atoms with E-state index in [1.807, 2.05) is 11.6 Å². The van der Waals surface area contributed by atoms with Crippen LogP contribution in [0.5, 0.6) is 5.75 Å². The smallest absolute Gasteiger partial charge is 0.229 e. The Balaban J connectivity index is 1.42. The number of rotatable bonds is 5. The molecule has 0 spiro atoms. The number of ether oxygens (including phenoxy) is 1. The number of amides is 1. The van der Waals surface area contributed by atoms with Crippen LogP contribution in [-0.4, -0.2) is 58.3 Å². The van der Waals surface area contributed by atoms with Crippen molar-refractivity contribution in [3.63, 3.8) is 0 Å². The minimum atomic E-state index is -0.352. The summed E-state index contributed by atoms with van der Waals surface area (Å²) in [5.41, 5.74) is 3.88. The molecule has 2 N–H and O–H groups in total. The zero-order valence-electron chi connectivity index (χ0n) is 19.0. The maximum atomic E-state index is 12.1. The second-order valence-electron chi connectivity index (χ2n) is 9.20. The molecule has 1 saturated carbocycles. The molecule has 1 aromatic carbocycles. The lowest BCUT2D eigenvalue weighted by Gasteiger charge is -2.43. The third-order valence-corrected chi connectivity index (χ3v) is 6.80. The van der Waals surface area contributed by atoms with Crippen molar-refractivity contribution >= 4 is 28.6 Å². The maximum Gasteiger partial charge on any atom is 0.229 e. The number of carbonyl (C=O) groups is 1. The van der Waals surface area contributed by atoms with Crippen LogP contribution in [0.1, 0.15) is 36.9 Å². The van der Waals surface area contributed by atoms with Gasteiger partial charge in [0.25, 0.3) is 0 Å². The Morgan fingerprint density at radius 1 is 1.25 bits per heavy atom. The van der Waals surface area contributed by atoms with E-state index in [2.05, 4.69) is 44.8 Å². The lowest BCUT2D eigenvalue weighted by atomic mass is 9.66. The van der Waals surface area contributed by atoms with Crippen molar-refractivity contribution in [1.82, 2.24) is 30.0 Å². The van der Waals surface area contributed by atoms with Gasteiger partial charge in [0.15, 0.2) is 5.65 Å². The summed E-state index contributed by atoms with van der Waals surface area (Å²) in [6.45, 7) is 3.95. The molecule has 0 unspecified atom stereocenters. The summed E-state index contributed by atoms with van der Waals surface area (Å²) in [6, 6.07) is 4.39. The number of benzene rings is 1. The zero-order chi connectivity index (χ0) is 22.5. The molecule has 9 heteroatoms. The molecule has 3 heterocycles. The average molecular weight is 436 g/mol. The summed E-state index contributed by atoms with van der Waals surface area (Å²) in [5.74, 6) is 1.35. The average Bonchev–Trinajstić information content (AvgIpc) is 3.18. The summed E-state index contributed by atoms with van der Waals surface area (Å²) >= 11 is 0. The first-order valence-corrected chi connectivity index (χ1v) is 11.0. The Kier molecular flexibility index (Phi) is 5.00. The summed E-state index contributed by atoms with van der Waals surface area (Å²) in [7, 11) is 5.50. The lowest BCUT2D eigenvalue weighted by Crippen LogP contribution is -2.47. The standard InChI is InChI=1S/C23H29N7O2/c1-23(21(31)24-2)9-17(10-23)30-20-16(12-26-30)11-25-22(28-20)27-18-7-15-13-29(3)6-5-14(15)8-19(18)32-4/h7-8,11-12,17H,5-6,9-10,13H2,1-4H3,(H,24,31)(H,25,27,28). The van der Waals surface area contributed by atoms with Crippen molar-refractivity contribution < 1.29 is 9.53 Å². The number of aromatic nitrogens is 4. The SMILES string of the molecule is CNC(=O)C1(C)CC(n2ncc3cnc(Nc4cc5c(cc4OC)CCN(C)C5)nc32)C1. The predicted octanol–water partition coefficient (Wildman–Crippen LogP) is 2.65. The van der Waals surface area contributed by atoms with Gasteiger partial charge in [-0.2, -0.15) is 10.1 Å². The number of anilines is 2. The number of nitrogens with zero attached hydrogens (tertiary/aromatic N) is 5. The van der Waals surface area contributed by atoms with Gasteiger partial charge in [0.2, 0.25) is 11.9 Å². The fourth-order valence-electron chi connectivity index (χ4n) is 4.92. The first-order valence-electron chi connectivity index (χ1n) is 11.0. The minimum Gasteiger partial charge on any atom is -0.495 e. The van der Waals surface area contributed by atoms with E-state index < -0.39 is 0 Å².